The zero-order valence-corrected chi connectivity index (χ0v) is 11.2. The molecule has 1 aliphatic rings. The number of amides is 1. The number of carbonyl (C=O) groups excluding carboxylic acids is 1. The van der Waals surface area contributed by atoms with Crippen LogP contribution in [0, 0.1) is 0 Å². The molecule has 1 N–H and O–H groups in total. The first-order valence-electron chi connectivity index (χ1n) is 6.65. The van der Waals surface area contributed by atoms with Crippen LogP contribution >= 0.6 is 0 Å². The molecule has 1 aliphatic heterocycles. The predicted octanol–water partition coefficient (Wildman–Crippen LogP) is 1.75. The fourth-order valence-electron chi connectivity index (χ4n) is 2.03. The number of nitrogens with zero attached hydrogens (tertiary/aromatic N) is 1. The standard InChI is InChI=1S/C13H24N2O3/c1-3-17-11-5-8-14-12-6-9-15(10-7-12)13(16)18-4-2/h3,12,14H,1,4-11H2,2H3. The molecule has 5 nitrogen and oxygen atoms in total. The summed E-state index contributed by atoms with van der Waals surface area (Å²) < 4.78 is 10.0. The fraction of sp³-hybridized carbons (Fsp3) is 0.769. The summed E-state index contributed by atoms with van der Waals surface area (Å²) in [6.45, 7) is 8.98. The van der Waals surface area contributed by atoms with Crippen LogP contribution < -0.4 is 5.32 Å². The molecule has 1 amide bonds. The molecule has 0 aliphatic carbocycles. The summed E-state index contributed by atoms with van der Waals surface area (Å²) in [5.41, 5.74) is 0. The first kappa shape index (κ1) is 14.8. The Kier molecular flexibility index (Phi) is 7.25. The molecule has 5 heteroatoms. The van der Waals surface area contributed by atoms with E-state index in [2.05, 4.69) is 11.9 Å². The number of piperidine rings is 1. The van der Waals surface area contributed by atoms with Crippen molar-refractivity contribution < 1.29 is 14.3 Å². The van der Waals surface area contributed by atoms with Gasteiger partial charge in [0, 0.05) is 19.1 Å². The molecule has 0 radical (unpaired) electrons. The van der Waals surface area contributed by atoms with Crippen LogP contribution in [0.4, 0.5) is 4.79 Å². The van der Waals surface area contributed by atoms with E-state index in [0.717, 1.165) is 38.9 Å². The summed E-state index contributed by atoms with van der Waals surface area (Å²) in [5.74, 6) is 0. The molecule has 18 heavy (non-hydrogen) atoms. The maximum Gasteiger partial charge on any atom is 0.409 e. The normalized spacial score (nSPS) is 16.4. The molecular weight excluding hydrogens is 232 g/mol. The lowest BCUT2D eigenvalue weighted by Gasteiger charge is -2.31. The molecular formula is C13H24N2O3. The number of hydrogen-bond donors (Lipinski definition) is 1. The van der Waals surface area contributed by atoms with Crippen LogP contribution in [-0.4, -0.2) is 49.9 Å². The second kappa shape index (κ2) is 8.80. The van der Waals surface area contributed by atoms with Crippen molar-refractivity contribution in [3.8, 4) is 0 Å². The van der Waals surface area contributed by atoms with Gasteiger partial charge in [-0.2, -0.15) is 0 Å². The summed E-state index contributed by atoms with van der Waals surface area (Å²) in [6, 6.07) is 0.499. The molecule has 0 aromatic heterocycles. The van der Waals surface area contributed by atoms with E-state index >= 15 is 0 Å². The Hall–Kier alpha value is -1.23. The SMILES string of the molecule is C=COCCCNC1CCN(C(=O)OCC)CC1. The van der Waals surface area contributed by atoms with Gasteiger partial charge in [-0.25, -0.2) is 4.79 Å². The van der Waals surface area contributed by atoms with E-state index in [4.69, 9.17) is 9.47 Å². The third-order valence-electron chi connectivity index (χ3n) is 3.01. The van der Waals surface area contributed by atoms with E-state index in [-0.39, 0.29) is 6.09 Å². The van der Waals surface area contributed by atoms with Gasteiger partial charge < -0.3 is 19.7 Å². The number of carbonyl (C=O) groups is 1. The average molecular weight is 256 g/mol. The second-order valence-electron chi connectivity index (χ2n) is 4.31. The van der Waals surface area contributed by atoms with Crippen molar-refractivity contribution in [3.05, 3.63) is 12.8 Å². The van der Waals surface area contributed by atoms with Crippen molar-refractivity contribution in [2.24, 2.45) is 0 Å². The first-order chi connectivity index (χ1) is 8.77. The molecule has 0 unspecified atom stereocenters. The Bertz CT molecular complexity index is 251. The quantitative estimate of drug-likeness (QED) is 0.557. The van der Waals surface area contributed by atoms with Crippen molar-refractivity contribution >= 4 is 6.09 Å². The van der Waals surface area contributed by atoms with Crippen molar-refractivity contribution in [2.45, 2.75) is 32.2 Å². The molecule has 1 saturated heterocycles. The topological polar surface area (TPSA) is 50.8 Å². The van der Waals surface area contributed by atoms with Crippen LogP contribution in [0.3, 0.4) is 0 Å². The van der Waals surface area contributed by atoms with E-state index in [0.29, 0.717) is 19.3 Å². The van der Waals surface area contributed by atoms with Gasteiger partial charge in [-0.05, 0) is 32.7 Å². The minimum atomic E-state index is -0.185. The maximum atomic E-state index is 11.5. The summed E-state index contributed by atoms with van der Waals surface area (Å²) in [6.07, 6.45) is 4.24. The number of nitrogens with one attached hydrogen (secondary N) is 1. The minimum Gasteiger partial charge on any atom is -0.502 e. The minimum absolute atomic E-state index is 0.185. The number of hydrogen-bond acceptors (Lipinski definition) is 4. The van der Waals surface area contributed by atoms with E-state index in [1.807, 2.05) is 6.92 Å². The molecule has 1 rings (SSSR count). The molecule has 0 spiro atoms. The van der Waals surface area contributed by atoms with Crippen LogP contribution in [0.2, 0.25) is 0 Å². The number of likely N-dealkylation sites (tertiary alicyclic amines) is 1. The van der Waals surface area contributed by atoms with Crippen molar-refractivity contribution in [1.29, 1.82) is 0 Å². The molecule has 0 aromatic carbocycles. The van der Waals surface area contributed by atoms with Gasteiger partial charge in [-0.3, -0.25) is 0 Å². The highest BCUT2D eigenvalue weighted by atomic mass is 16.6. The summed E-state index contributed by atoms with van der Waals surface area (Å²) in [7, 11) is 0. The number of rotatable bonds is 7. The maximum absolute atomic E-state index is 11.5. The summed E-state index contributed by atoms with van der Waals surface area (Å²) >= 11 is 0. The van der Waals surface area contributed by atoms with Crippen LogP contribution in [0.25, 0.3) is 0 Å². The van der Waals surface area contributed by atoms with Gasteiger partial charge in [-0.1, -0.05) is 6.58 Å². The average Bonchev–Trinajstić information content (AvgIpc) is 2.39. The van der Waals surface area contributed by atoms with E-state index < -0.39 is 0 Å². The van der Waals surface area contributed by atoms with Gasteiger partial charge in [0.1, 0.15) is 0 Å². The third kappa shape index (κ3) is 5.40. The van der Waals surface area contributed by atoms with E-state index in [9.17, 15) is 4.79 Å². The molecule has 0 atom stereocenters. The summed E-state index contributed by atoms with van der Waals surface area (Å²) in [4.78, 5) is 13.3. The van der Waals surface area contributed by atoms with Crippen molar-refractivity contribution in [1.82, 2.24) is 10.2 Å². The highest BCUT2D eigenvalue weighted by molar-refractivity contribution is 5.67. The third-order valence-corrected chi connectivity index (χ3v) is 3.01. The molecule has 1 fully saturated rings. The Labute approximate surface area is 109 Å². The van der Waals surface area contributed by atoms with Crippen molar-refractivity contribution in [3.63, 3.8) is 0 Å². The Morgan fingerprint density at radius 2 is 2.22 bits per heavy atom. The van der Waals surface area contributed by atoms with Gasteiger partial charge in [0.05, 0.1) is 19.5 Å². The van der Waals surface area contributed by atoms with Gasteiger partial charge in [0.25, 0.3) is 0 Å². The molecule has 0 bridgehead atoms. The lowest BCUT2D eigenvalue weighted by atomic mass is 10.1. The van der Waals surface area contributed by atoms with Crippen LogP contribution in [0.5, 0.6) is 0 Å². The van der Waals surface area contributed by atoms with Gasteiger partial charge >= 0.3 is 6.09 Å². The number of ether oxygens (including phenoxy) is 2. The Morgan fingerprint density at radius 3 is 2.83 bits per heavy atom. The molecule has 104 valence electrons. The Morgan fingerprint density at radius 1 is 1.50 bits per heavy atom. The zero-order valence-electron chi connectivity index (χ0n) is 11.2. The molecule has 0 saturated carbocycles. The van der Waals surface area contributed by atoms with Gasteiger partial charge in [0.2, 0.25) is 0 Å². The highest BCUT2D eigenvalue weighted by Gasteiger charge is 2.22. The highest BCUT2D eigenvalue weighted by Crippen LogP contribution is 2.11. The monoisotopic (exact) mass is 256 g/mol. The lowest BCUT2D eigenvalue weighted by molar-refractivity contribution is 0.0950. The second-order valence-corrected chi connectivity index (χ2v) is 4.31. The first-order valence-corrected chi connectivity index (χ1v) is 6.65. The zero-order chi connectivity index (χ0) is 13.2. The van der Waals surface area contributed by atoms with E-state index in [1.165, 1.54) is 6.26 Å². The van der Waals surface area contributed by atoms with Gasteiger partial charge in [0.15, 0.2) is 0 Å². The fourth-order valence-corrected chi connectivity index (χ4v) is 2.03. The molecule has 1 heterocycles. The lowest BCUT2D eigenvalue weighted by Crippen LogP contribution is -2.45. The van der Waals surface area contributed by atoms with Crippen molar-refractivity contribution in [2.75, 3.05) is 32.8 Å². The Balaban J connectivity index is 2.08. The predicted molar refractivity (Wildman–Crippen MR) is 70.4 cm³/mol. The largest absolute Gasteiger partial charge is 0.502 e. The van der Waals surface area contributed by atoms with Crippen LogP contribution in [0.1, 0.15) is 26.2 Å². The van der Waals surface area contributed by atoms with Gasteiger partial charge in [-0.15, -0.1) is 0 Å². The van der Waals surface area contributed by atoms with Crippen LogP contribution in [0.15, 0.2) is 12.8 Å². The van der Waals surface area contributed by atoms with Crippen LogP contribution in [-0.2, 0) is 9.47 Å². The smallest absolute Gasteiger partial charge is 0.409 e. The molecule has 0 aromatic rings. The summed E-state index contributed by atoms with van der Waals surface area (Å²) in [5, 5.41) is 3.48. The van der Waals surface area contributed by atoms with E-state index in [1.54, 1.807) is 4.90 Å².